The van der Waals surface area contributed by atoms with Gasteiger partial charge in [0, 0.05) is 49.8 Å². The Morgan fingerprint density at radius 1 is 1.21 bits per heavy atom. The van der Waals surface area contributed by atoms with Crippen molar-refractivity contribution in [3.63, 3.8) is 0 Å². The predicted molar refractivity (Wildman–Crippen MR) is 142 cm³/mol. The molecule has 0 radical (unpaired) electrons. The van der Waals surface area contributed by atoms with Crippen LogP contribution in [0.1, 0.15) is 32.1 Å². The van der Waals surface area contributed by atoms with Crippen LogP contribution in [0.2, 0.25) is 0 Å². The molecule has 0 aromatic rings. The molecule has 6 aliphatic rings. The van der Waals surface area contributed by atoms with Gasteiger partial charge in [0.2, 0.25) is 5.91 Å². The molecule has 1 saturated carbocycles. The van der Waals surface area contributed by atoms with Gasteiger partial charge in [0.25, 0.3) is 0 Å². The van der Waals surface area contributed by atoms with Crippen molar-refractivity contribution in [3.8, 4) is 0 Å². The van der Waals surface area contributed by atoms with E-state index in [-0.39, 0.29) is 53.8 Å². The number of hydrogen-bond donors (Lipinski definition) is 7. The minimum atomic E-state index is -0.466. The molecule has 0 aromatic heterocycles. The van der Waals surface area contributed by atoms with E-state index in [1.165, 1.54) is 0 Å². The molecule has 14 heteroatoms. The number of ketones is 1. The SMILES string of the molecule is NC(=O)C1CNC(N[C@@H]2CCCC[C@@H]2O)NC1NC1CC(C2CSC3C(=O)C=C(N4CCOCC4)OC32)ON1. The van der Waals surface area contributed by atoms with Crippen LogP contribution in [0.3, 0.4) is 0 Å². The number of thioether (sulfide) groups is 1. The number of nitrogens with zero attached hydrogens (tertiary/aromatic N) is 1. The van der Waals surface area contributed by atoms with E-state index in [9.17, 15) is 14.7 Å². The highest BCUT2D eigenvalue weighted by Crippen LogP contribution is 2.42. The zero-order valence-electron chi connectivity index (χ0n) is 22.1. The van der Waals surface area contributed by atoms with Gasteiger partial charge in [0.05, 0.1) is 43.7 Å². The summed E-state index contributed by atoms with van der Waals surface area (Å²) in [5, 5.41) is 23.8. The fraction of sp³-hybridized carbons (Fsp3) is 0.840. The number of fused-ring (bicyclic) bond motifs is 1. The highest BCUT2D eigenvalue weighted by atomic mass is 32.2. The Balaban J connectivity index is 1.06. The molecule has 10 atom stereocenters. The minimum absolute atomic E-state index is 0.00531. The molecular formula is C25H41N7O6S. The third-order valence-corrected chi connectivity index (χ3v) is 10.2. The summed E-state index contributed by atoms with van der Waals surface area (Å²) >= 11 is 1.64. The van der Waals surface area contributed by atoms with Crippen molar-refractivity contribution >= 4 is 23.5 Å². The number of carbonyl (C=O) groups is 2. The highest BCUT2D eigenvalue weighted by Gasteiger charge is 2.51. The van der Waals surface area contributed by atoms with Crippen LogP contribution in [0.5, 0.6) is 0 Å². The number of nitrogens with one attached hydrogen (secondary N) is 5. The average molecular weight is 568 g/mol. The van der Waals surface area contributed by atoms with E-state index < -0.39 is 18.0 Å². The van der Waals surface area contributed by atoms with Gasteiger partial charge in [-0.1, -0.05) is 12.8 Å². The zero-order valence-corrected chi connectivity index (χ0v) is 22.9. The molecule has 218 valence electrons. The molecule has 1 aliphatic carbocycles. The number of ether oxygens (including phenoxy) is 2. The summed E-state index contributed by atoms with van der Waals surface area (Å²) in [6.07, 6.45) is 4.46. The zero-order chi connectivity index (χ0) is 26.9. The van der Waals surface area contributed by atoms with Crippen LogP contribution in [0.15, 0.2) is 12.0 Å². The molecule has 6 rings (SSSR count). The average Bonchev–Trinajstić information content (AvgIpc) is 3.58. The van der Waals surface area contributed by atoms with E-state index in [2.05, 4.69) is 31.6 Å². The second-order valence-electron chi connectivity index (χ2n) is 11.3. The monoisotopic (exact) mass is 567 g/mol. The summed E-state index contributed by atoms with van der Waals surface area (Å²) in [6.45, 7) is 3.08. The molecule has 8 unspecified atom stereocenters. The van der Waals surface area contributed by atoms with E-state index in [1.54, 1.807) is 17.8 Å². The number of morpholine rings is 1. The van der Waals surface area contributed by atoms with Gasteiger partial charge in [-0.25, -0.2) is 0 Å². The lowest BCUT2D eigenvalue weighted by Crippen LogP contribution is -2.72. The molecule has 5 heterocycles. The Hall–Kier alpha value is -1.49. The highest BCUT2D eigenvalue weighted by molar-refractivity contribution is 8.01. The molecule has 8 N–H and O–H groups in total. The predicted octanol–water partition coefficient (Wildman–Crippen LogP) is -2.13. The van der Waals surface area contributed by atoms with Crippen LogP contribution in [-0.2, 0) is 23.9 Å². The number of aliphatic hydroxyl groups excluding tert-OH is 1. The van der Waals surface area contributed by atoms with Crippen molar-refractivity contribution in [2.75, 3.05) is 38.6 Å². The summed E-state index contributed by atoms with van der Waals surface area (Å²) in [4.78, 5) is 33.3. The van der Waals surface area contributed by atoms with E-state index in [0.717, 1.165) is 31.4 Å². The van der Waals surface area contributed by atoms with Gasteiger partial charge in [0.1, 0.15) is 17.6 Å². The van der Waals surface area contributed by atoms with Gasteiger partial charge in [-0.15, -0.1) is 11.8 Å². The topological polar surface area (TPSA) is 171 Å². The largest absolute Gasteiger partial charge is 0.474 e. The first-order valence-electron chi connectivity index (χ1n) is 14.2. The van der Waals surface area contributed by atoms with Crippen LogP contribution in [-0.4, -0.2) is 109 Å². The van der Waals surface area contributed by atoms with Gasteiger partial charge in [-0.05, 0) is 12.8 Å². The van der Waals surface area contributed by atoms with Gasteiger partial charge in [-0.3, -0.25) is 35.7 Å². The van der Waals surface area contributed by atoms with Crippen LogP contribution >= 0.6 is 11.8 Å². The third kappa shape index (κ3) is 6.09. The summed E-state index contributed by atoms with van der Waals surface area (Å²) < 4.78 is 11.9. The number of carbonyl (C=O) groups excluding carboxylic acids is 2. The Kier molecular flexibility index (Phi) is 8.63. The lowest BCUT2D eigenvalue weighted by Gasteiger charge is -2.41. The smallest absolute Gasteiger partial charge is 0.224 e. The van der Waals surface area contributed by atoms with Crippen LogP contribution in [0.4, 0.5) is 0 Å². The molecular weight excluding hydrogens is 526 g/mol. The lowest BCUT2D eigenvalue weighted by molar-refractivity contribution is -0.125. The maximum absolute atomic E-state index is 12.9. The normalized spacial score (nSPS) is 43.1. The fourth-order valence-electron chi connectivity index (χ4n) is 6.52. The van der Waals surface area contributed by atoms with Crippen molar-refractivity contribution < 1.29 is 29.0 Å². The Morgan fingerprint density at radius 2 is 2.03 bits per heavy atom. The summed E-state index contributed by atoms with van der Waals surface area (Å²) in [5.41, 5.74) is 8.83. The van der Waals surface area contributed by atoms with E-state index >= 15 is 0 Å². The molecule has 0 spiro atoms. The van der Waals surface area contributed by atoms with Crippen molar-refractivity contribution in [2.24, 2.45) is 17.6 Å². The number of aliphatic hydroxyl groups is 1. The Bertz CT molecular complexity index is 939. The van der Waals surface area contributed by atoms with Gasteiger partial charge in [-0.2, -0.15) is 5.48 Å². The van der Waals surface area contributed by atoms with Crippen LogP contribution in [0, 0.1) is 11.8 Å². The van der Waals surface area contributed by atoms with Gasteiger partial charge in [0.15, 0.2) is 11.7 Å². The Morgan fingerprint density at radius 3 is 2.82 bits per heavy atom. The maximum Gasteiger partial charge on any atom is 0.224 e. The molecule has 5 fully saturated rings. The number of rotatable bonds is 7. The number of allylic oxidation sites excluding steroid dienone is 1. The lowest BCUT2D eigenvalue weighted by atomic mass is 9.91. The number of amides is 1. The molecule has 39 heavy (non-hydrogen) atoms. The molecule has 4 saturated heterocycles. The van der Waals surface area contributed by atoms with Crippen molar-refractivity contribution in [1.29, 1.82) is 0 Å². The second kappa shape index (κ2) is 12.2. The molecule has 0 bridgehead atoms. The molecule has 0 aromatic carbocycles. The second-order valence-corrected chi connectivity index (χ2v) is 12.5. The quantitative estimate of drug-likeness (QED) is 0.178. The van der Waals surface area contributed by atoms with E-state index in [1.807, 2.05) is 0 Å². The first kappa shape index (κ1) is 27.7. The third-order valence-electron chi connectivity index (χ3n) is 8.77. The Labute approximate surface area is 232 Å². The van der Waals surface area contributed by atoms with Crippen molar-refractivity contribution in [1.82, 2.24) is 31.6 Å². The summed E-state index contributed by atoms with van der Waals surface area (Å²) in [6, 6.07) is -0.00531. The van der Waals surface area contributed by atoms with Crippen LogP contribution < -0.4 is 32.5 Å². The number of hydroxylamine groups is 1. The number of hydrogen-bond acceptors (Lipinski definition) is 13. The maximum atomic E-state index is 12.9. The molecule has 13 nitrogen and oxygen atoms in total. The first-order valence-corrected chi connectivity index (χ1v) is 15.3. The number of primary amides is 1. The van der Waals surface area contributed by atoms with Gasteiger partial charge >= 0.3 is 0 Å². The first-order chi connectivity index (χ1) is 19.0. The van der Waals surface area contributed by atoms with E-state index in [0.29, 0.717) is 45.2 Å². The summed E-state index contributed by atoms with van der Waals surface area (Å²) in [5.74, 6) is 0.699. The standard InChI is InChI=1S/C25H41N7O6S/c26-23(35)13-11-27-25(28-15-3-1-2-4-16(15)33)30-24(13)29-19-10-18(38-31-19)14-12-39-22-17(34)9-20(37-21(14)22)32-5-7-36-8-6-32/h9,13-16,18-19,21-22,24-25,27-31,33H,1-8,10-12H2,(H2,26,35)/t13?,14?,15-,16+,18?,19?,21?,22?,24?,25?/m1/s1. The van der Waals surface area contributed by atoms with Crippen LogP contribution in [0.25, 0.3) is 0 Å². The van der Waals surface area contributed by atoms with Crippen molar-refractivity contribution in [3.05, 3.63) is 12.0 Å². The summed E-state index contributed by atoms with van der Waals surface area (Å²) in [7, 11) is 0. The minimum Gasteiger partial charge on any atom is -0.474 e. The number of nitrogens with two attached hydrogens (primary N) is 1. The van der Waals surface area contributed by atoms with Crippen molar-refractivity contribution in [2.45, 2.75) is 80.3 Å². The molecule has 5 aliphatic heterocycles. The van der Waals surface area contributed by atoms with E-state index in [4.69, 9.17) is 20.0 Å². The fourth-order valence-corrected chi connectivity index (χ4v) is 8.03. The van der Waals surface area contributed by atoms with Gasteiger partial charge < -0.3 is 25.2 Å². The molecule has 1 amide bonds.